The molecule has 0 heterocycles. The topological polar surface area (TPSA) is 12.0 Å². The van der Waals surface area contributed by atoms with Crippen LogP contribution in [0.1, 0.15) is 18.1 Å². The van der Waals surface area contributed by atoms with Crippen LogP contribution < -0.4 is 5.32 Å². The van der Waals surface area contributed by atoms with E-state index in [2.05, 4.69) is 5.32 Å². The zero-order valence-corrected chi connectivity index (χ0v) is 11.9. The van der Waals surface area contributed by atoms with Gasteiger partial charge in [0.2, 0.25) is 0 Å². The molecule has 3 heteroatoms. The minimum absolute atomic E-state index is 0.185. The Balaban J connectivity index is 2.30. The van der Waals surface area contributed by atoms with Crippen molar-refractivity contribution in [2.75, 3.05) is 6.54 Å². The molecule has 0 saturated carbocycles. The lowest BCUT2D eigenvalue weighted by Crippen LogP contribution is -2.12. The third-order valence-electron chi connectivity index (χ3n) is 3.12. The lowest BCUT2D eigenvalue weighted by Gasteiger charge is -2.08. The van der Waals surface area contributed by atoms with Gasteiger partial charge in [0.05, 0.1) is 0 Å². The number of nitrogens with one attached hydrogen (secondary N) is 1. The van der Waals surface area contributed by atoms with Crippen molar-refractivity contribution < 1.29 is 4.39 Å². The average Bonchev–Trinajstić information content (AvgIpc) is 2.40. The lowest BCUT2D eigenvalue weighted by molar-refractivity contribution is 0.594. The second-order valence-electron chi connectivity index (χ2n) is 4.55. The molecule has 0 aliphatic rings. The van der Waals surface area contributed by atoms with Crippen LogP contribution in [0.5, 0.6) is 0 Å². The Morgan fingerprint density at radius 2 is 1.79 bits per heavy atom. The highest BCUT2D eigenvalue weighted by molar-refractivity contribution is 6.31. The Hall–Kier alpha value is -1.38. The molecule has 0 aliphatic heterocycles. The van der Waals surface area contributed by atoms with E-state index in [0.717, 1.165) is 23.2 Å². The fourth-order valence-corrected chi connectivity index (χ4v) is 2.08. The summed E-state index contributed by atoms with van der Waals surface area (Å²) in [5.41, 5.74) is 3.49. The van der Waals surface area contributed by atoms with Gasteiger partial charge in [0.25, 0.3) is 0 Å². The highest BCUT2D eigenvalue weighted by Crippen LogP contribution is 2.26. The Morgan fingerprint density at radius 3 is 2.42 bits per heavy atom. The molecule has 2 aromatic rings. The van der Waals surface area contributed by atoms with Gasteiger partial charge in [-0.3, -0.25) is 0 Å². The Labute approximate surface area is 118 Å². The average molecular weight is 278 g/mol. The monoisotopic (exact) mass is 277 g/mol. The van der Waals surface area contributed by atoms with E-state index in [1.54, 1.807) is 6.07 Å². The van der Waals surface area contributed by atoms with Crippen LogP contribution in [0.25, 0.3) is 11.1 Å². The predicted molar refractivity (Wildman–Crippen MR) is 79.0 cm³/mol. The quantitative estimate of drug-likeness (QED) is 0.864. The maximum atomic E-state index is 14.0. The summed E-state index contributed by atoms with van der Waals surface area (Å²) in [7, 11) is 0. The fraction of sp³-hybridized carbons (Fsp3) is 0.250. The molecule has 1 nitrogen and oxygen atoms in total. The summed E-state index contributed by atoms with van der Waals surface area (Å²) >= 11 is 6.10. The van der Waals surface area contributed by atoms with Crippen LogP contribution in [0.3, 0.4) is 0 Å². The van der Waals surface area contributed by atoms with Crippen molar-refractivity contribution in [2.45, 2.75) is 20.4 Å². The molecule has 0 fully saturated rings. The second-order valence-corrected chi connectivity index (χ2v) is 4.96. The largest absolute Gasteiger partial charge is 0.313 e. The van der Waals surface area contributed by atoms with E-state index < -0.39 is 0 Å². The number of hydrogen-bond acceptors (Lipinski definition) is 1. The molecular formula is C16H17ClFN. The van der Waals surface area contributed by atoms with Crippen molar-refractivity contribution in [3.8, 4) is 11.1 Å². The van der Waals surface area contributed by atoms with Gasteiger partial charge in [-0.25, -0.2) is 4.39 Å². The molecule has 100 valence electrons. The standard InChI is InChI=1S/C16H17ClFN/c1-3-19-10-14-7-6-13(9-16(14)18)12-5-4-11(2)15(17)8-12/h4-9,19H,3,10H2,1-2H3. The van der Waals surface area contributed by atoms with Crippen molar-refractivity contribution >= 4 is 11.6 Å². The first-order chi connectivity index (χ1) is 9.11. The highest BCUT2D eigenvalue weighted by Gasteiger charge is 2.06. The van der Waals surface area contributed by atoms with Crippen molar-refractivity contribution in [1.82, 2.24) is 5.32 Å². The van der Waals surface area contributed by atoms with Gasteiger partial charge in [-0.2, -0.15) is 0 Å². The summed E-state index contributed by atoms with van der Waals surface area (Å²) in [5, 5.41) is 3.82. The van der Waals surface area contributed by atoms with E-state index in [0.29, 0.717) is 17.1 Å². The zero-order chi connectivity index (χ0) is 13.8. The predicted octanol–water partition coefficient (Wildman–Crippen LogP) is 4.56. The summed E-state index contributed by atoms with van der Waals surface area (Å²) in [6, 6.07) is 11.1. The second kappa shape index (κ2) is 6.18. The van der Waals surface area contributed by atoms with E-state index in [4.69, 9.17) is 11.6 Å². The van der Waals surface area contributed by atoms with Crippen molar-refractivity contribution in [2.24, 2.45) is 0 Å². The molecule has 2 rings (SSSR count). The third kappa shape index (κ3) is 3.34. The molecular weight excluding hydrogens is 261 g/mol. The molecule has 0 bridgehead atoms. The molecule has 0 saturated heterocycles. The molecule has 0 amide bonds. The highest BCUT2D eigenvalue weighted by atomic mass is 35.5. The minimum atomic E-state index is -0.185. The van der Waals surface area contributed by atoms with Crippen molar-refractivity contribution in [3.63, 3.8) is 0 Å². The SMILES string of the molecule is CCNCc1ccc(-c2ccc(C)c(Cl)c2)cc1F. The van der Waals surface area contributed by atoms with E-state index in [1.807, 2.05) is 44.2 Å². The molecule has 0 radical (unpaired) electrons. The van der Waals surface area contributed by atoms with Crippen LogP contribution in [0.15, 0.2) is 36.4 Å². The molecule has 0 unspecified atom stereocenters. The number of rotatable bonds is 4. The van der Waals surface area contributed by atoms with E-state index in [-0.39, 0.29) is 5.82 Å². The first-order valence-corrected chi connectivity index (χ1v) is 6.75. The molecule has 0 spiro atoms. The van der Waals surface area contributed by atoms with Crippen LogP contribution in [-0.4, -0.2) is 6.54 Å². The van der Waals surface area contributed by atoms with Crippen LogP contribution in [0.4, 0.5) is 4.39 Å². The van der Waals surface area contributed by atoms with Gasteiger partial charge in [0.1, 0.15) is 5.82 Å². The van der Waals surface area contributed by atoms with E-state index in [1.165, 1.54) is 0 Å². The summed E-state index contributed by atoms with van der Waals surface area (Å²) in [4.78, 5) is 0. The maximum Gasteiger partial charge on any atom is 0.128 e. The molecule has 1 N–H and O–H groups in total. The normalized spacial score (nSPS) is 10.7. The van der Waals surface area contributed by atoms with Crippen LogP contribution >= 0.6 is 11.6 Å². The summed E-state index contributed by atoms with van der Waals surface area (Å²) in [5.74, 6) is -0.185. The fourth-order valence-electron chi connectivity index (χ4n) is 1.90. The number of aryl methyl sites for hydroxylation is 1. The van der Waals surface area contributed by atoms with Crippen LogP contribution in [0.2, 0.25) is 5.02 Å². The molecule has 2 aromatic carbocycles. The zero-order valence-electron chi connectivity index (χ0n) is 11.1. The number of benzene rings is 2. The Kier molecular flexibility index (Phi) is 4.56. The van der Waals surface area contributed by atoms with Crippen molar-refractivity contribution in [3.05, 3.63) is 58.4 Å². The van der Waals surface area contributed by atoms with Gasteiger partial charge < -0.3 is 5.32 Å². The number of hydrogen-bond donors (Lipinski definition) is 1. The van der Waals surface area contributed by atoms with Gasteiger partial charge in [0.15, 0.2) is 0 Å². The van der Waals surface area contributed by atoms with Gasteiger partial charge in [-0.15, -0.1) is 0 Å². The number of halogens is 2. The molecule has 0 aromatic heterocycles. The molecule has 0 atom stereocenters. The molecule has 19 heavy (non-hydrogen) atoms. The van der Waals surface area contributed by atoms with Crippen LogP contribution in [0, 0.1) is 12.7 Å². The first-order valence-electron chi connectivity index (χ1n) is 6.37. The van der Waals surface area contributed by atoms with E-state index >= 15 is 0 Å². The summed E-state index contributed by atoms with van der Waals surface area (Å²) in [6.07, 6.45) is 0. The Bertz CT molecular complexity index is 581. The lowest BCUT2D eigenvalue weighted by atomic mass is 10.0. The summed E-state index contributed by atoms with van der Waals surface area (Å²) in [6.45, 7) is 5.33. The van der Waals surface area contributed by atoms with Gasteiger partial charge in [-0.05, 0) is 42.3 Å². The third-order valence-corrected chi connectivity index (χ3v) is 3.53. The summed E-state index contributed by atoms with van der Waals surface area (Å²) < 4.78 is 14.0. The minimum Gasteiger partial charge on any atom is -0.313 e. The van der Waals surface area contributed by atoms with Crippen molar-refractivity contribution in [1.29, 1.82) is 0 Å². The smallest absolute Gasteiger partial charge is 0.128 e. The maximum absolute atomic E-state index is 14.0. The van der Waals surface area contributed by atoms with E-state index in [9.17, 15) is 4.39 Å². The first kappa shape index (κ1) is 14.0. The van der Waals surface area contributed by atoms with Gasteiger partial charge in [-0.1, -0.05) is 42.8 Å². The molecule has 0 aliphatic carbocycles. The van der Waals surface area contributed by atoms with Gasteiger partial charge in [0, 0.05) is 17.1 Å². The van der Waals surface area contributed by atoms with Crippen LogP contribution in [-0.2, 0) is 6.54 Å². The van der Waals surface area contributed by atoms with Gasteiger partial charge >= 0.3 is 0 Å². The Morgan fingerprint density at radius 1 is 1.11 bits per heavy atom.